The van der Waals surface area contributed by atoms with E-state index in [2.05, 4.69) is 24.3 Å². The van der Waals surface area contributed by atoms with Crippen molar-refractivity contribution in [2.75, 3.05) is 85.9 Å². The molecule has 0 fully saturated rings. The summed E-state index contributed by atoms with van der Waals surface area (Å²) in [6, 6.07) is 15.5. The number of carbonyl (C=O) groups is 2. The summed E-state index contributed by atoms with van der Waals surface area (Å²) < 4.78 is 37.7. The smallest absolute Gasteiger partial charge is 0.325 e. The van der Waals surface area contributed by atoms with E-state index in [0.717, 1.165) is 11.1 Å². The molecule has 2 aromatic rings. The molecule has 11 nitrogen and oxygen atoms in total. The Labute approximate surface area is 240 Å². The highest BCUT2D eigenvalue weighted by Crippen LogP contribution is 2.44. The van der Waals surface area contributed by atoms with Crippen LogP contribution in [0.1, 0.15) is 23.5 Å². The predicted octanol–water partition coefficient (Wildman–Crippen LogP) is 2.24. The largest absolute Gasteiger partial charge is 0.481 e. The molecule has 3 rings (SSSR count). The van der Waals surface area contributed by atoms with Crippen LogP contribution in [0.3, 0.4) is 0 Å². The zero-order valence-corrected chi connectivity index (χ0v) is 23.4. The van der Waals surface area contributed by atoms with Gasteiger partial charge in [0.15, 0.2) is 0 Å². The fourth-order valence-corrected chi connectivity index (χ4v) is 4.25. The van der Waals surface area contributed by atoms with Crippen molar-refractivity contribution in [2.45, 2.75) is 18.4 Å². The Hall–Kier alpha value is -2.90. The van der Waals surface area contributed by atoms with E-state index in [1.807, 2.05) is 24.3 Å². The molecular weight excluding hydrogens is 534 g/mol. The second kappa shape index (κ2) is 19.3. The highest BCUT2D eigenvalue weighted by atomic mass is 16.6. The number of ether oxygens (including phenoxy) is 7. The summed E-state index contributed by atoms with van der Waals surface area (Å²) in [5.74, 6) is -1.38. The third-order valence-corrected chi connectivity index (χ3v) is 6.28. The van der Waals surface area contributed by atoms with E-state index in [0.29, 0.717) is 66.1 Å². The van der Waals surface area contributed by atoms with Crippen LogP contribution in [-0.4, -0.2) is 109 Å². The molecule has 1 atom stereocenters. The second-order valence-corrected chi connectivity index (χ2v) is 9.24. The standard InChI is InChI=1S/C30H41NO10/c31-28(30(34)41-21-27-25-7-3-1-5-23(25)24-6-2-4-8-26(24)27)22-40-20-19-39-18-17-38-16-15-37-14-13-36-12-11-35-10-9-29(32)33/h1-8,27-28H,9-22,31H2,(H,32,33). The summed E-state index contributed by atoms with van der Waals surface area (Å²) in [6.07, 6.45) is -0.0116. The minimum Gasteiger partial charge on any atom is -0.481 e. The number of fused-ring (bicyclic) bond motifs is 3. The van der Waals surface area contributed by atoms with Gasteiger partial charge in [0.2, 0.25) is 0 Å². The van der Waals surface area contributed by atoms with E-state index in [1.165, 1.54) is 11.1 Å². The molecule has 226 valence electrons. The molecule has 0 aromatic heterocycles. The first kappa shape index (κ1) is 32.6. The summed E-state index contributed by atoms with van der Waals surface area (Å²) in [5, 5.41) is 8.49. The molecule has 0 radical (unpaired) electrons. The fraction of sp³-hybridized carbons (Fsp3) is 0.533. The Kier molecular flexibility index (Phi) is 15.3. The molecule has 1 aliphatic carbocycles. The van der Waals surface area contributed by atoms with Crippen LogP contribution in [0.5, 0.6) is 0 Å². The number of carbonyl (C=O) groups excluding carboxylic acids is 1. The van der Waals surface area contributed by atoms with Crippen molar-refractivity contribution in [3.8, 4) is 11.1 Å². The van der Waals surface area contributed by atoms with Crippen molar-refractivity contribution in [3.63, 3.8) is 0 Å². The minimum absolute atomic E-state index is 0.00891. The lowest BCUT2D eigenvalue weighted by atomic mass is 9.98. The lowest BCUT2D eigenvalue weighted by Gasteiger charge is -2.16. The number of aliphatic carboxylic acids is 1. The molecule has 11 heteroatoms. The number of esters is 1. The van der Waals surface area contributed by atoms with Crippen LogP contribution in [0.2, 0.25) is 0 Å². The average molecular weight is 576 g/mol. The first-order chi connectivity index (χ1) is 20.1. The van der Waals surface area contributed by atoms with Crippen LogP contribution in [0.15, 0.2) is 48.5 Å². The first-order valence-electron chi connectivity index (χ1n) is 13.9. The number of carboxylic acids is 1. The molecule has 0 amide bonds. The van der Waals surface area contributed by atoms with E-state index < -0.39 is 18.0 Å². The predicted molar refractivity (Wildman–Crippen MR) is 150 cm³/mol. The van der Waals surface area contributed by atoms with Crippen LogP contribution in [-0.2, 0) is 42.7 Å². The zero-order valence-electron chi connectivity index (χ0n) is 23.4. The van der Waals surface area contributed by atoms with Gasteiger partial charge in [0.1, 0.15) is 12.6 Å². The molecule has 0 heterocycles. The summed E-state index contributed by atoms with van der Waals surface area (Å²) in [7, 11) is 0. The van der Waals surface area contributed by atoms with Crippen molar-refractivity contribution >= 4 is 11.9 Å². The number of rotatable bonds is 23. The Morgan fingerprint density at radius 2 is 1.07 bits per heavy atom. The van der Waals surface area contributed by atoms with Crippen LogP contribution < -0.4 is 5.73 Å². The molecule has 1 aliphatic rings. The van der Waals surface area contributed by atoms with Gasteiger partial charge in [0.25, 0.3) is 0 Å². The van der Waals surface area contributed by atoms with Crippen LogP contribution in [0.25, 0.3) is 11.1 Å². The van der Waals surface area contributed by atoms with Crippen LogP contribution in [0, 0.1) is 0 Å². The molecule has 41 heavy (non-hydrogen) atoms. The lowest BCUT2D eigenvalue weighted by Crippen LogP contribution is -2.37. The Morgan fingerprint density at radius 1 is 0.659 bits per heavy atom. The van der Waals surface area contributed by atoms with E-state index in [1.54, 1.807) is 0 Å². The molecular formula is C30H41NO10. The maximum Gasteiger partial charge on any atom is 0.325 e. The summed E-state index contributed by atoms with van der Waals surface area (Å²) in [4.78, 5) is 22.8. The molecule has 2 aromatic carbocycles. The van der Waals surface area contributed by atoms with Gasteiger partial charge < -0.3 is 44.0 Å². The van der Waals surface area contributed by atoms with Gasteiger partial charge in [0, 0.05) is 5.92 Å². The molecule has 3 N–H and O–H groups in total. The van der Waals surface area contributed by atoms with Gasteiger partial charge in [-0.1, -0.05) is 48.5 Å². The summed E-state index contributed by atoms with van der Waals surface area (Å²) in [6.45, 7) is 4.44. The van der Waals surface area contributed by atoms with E-state index in [4.69, 9.17) is 44.0 Å². The van der Waals surface area contributed by atoms with Crippen molar-refractivity contribution in [2.24, 2.45) is 5.73 Å². The van der Waals surface area contributed by atoms with E-state index >= 15 is 0 Å². The zero-order chi connectivity index (χ0) is 29.1. The van der Waals surface area contributed by atoms with Gasteiger partial charge >= 0.3 is 11.9 Å². The first-order valence-corrected chi connectivity index (χ1v) is 13.9. The minimum atomic E-state index is -0.882. The van der Waals surface area contributed by atoms with Crippen molar-refractivity contribution in [1.82, 2.24) is 0 Å². The number of benzene rings is 2. The summed E-state index contributed by atoms with van der Waals surface area (Å²) >= 11 is 0. The van der Waals surface area contributed by atoms with Gasteiger partial charge in [0.05, 0.1) is 85.7 Å². The fourth-order valence-electron chi connectivity index (χ4n) is 4.25. The quantitative estimate of drug-likeness (QED) is 0.149. The molecule has 0 saturated heterocycles. The SMILES string of the molecule is NC(COCCOCCOCCOCCOCCOCCC(=O)O)C(=O)OCC1c2ccccc2-c2ccccc21. The normalized spacial score (nSPS) is 13.1. The number of nitrogens with two attached hydrogens (primary N) is 1. The van der Waals surface area contributed by atoms with Gasteiger partial charge in [-0.3, -0.25) is 9.59 Å². The topological polar surface area (TPSA) is 145 Å². The highest BCUT2D eigenvalue weighted by Gasteiger charge is 2.29. The average Bonchev–Trinajstić information content (AvgIpc) is 3.30. The molecule has 0 aliphatic heterocycles. The number of hydrogen-bond donors (Lipinski definition) is 2. The van der Waals surface area contributed by atoms with Gasteiger partial charge in [-0.25, -0.2) is 0 Å². The highest BCUT2D eigenvalue weighted by molar-refractivity contribution is 5.79. The number of hydrogen-bond acceptors (Lipinski definition) is 10. The van der Waals surface area contributed by atoms with Gasteiger partial charge in [-0.2, -0.15) is 0 Å². The Morgan fingerprint density at radius 3 is 1.54 bits per heavy atom. The van der Waals surface area contributed by atoms with Crippen LogP contribution in [0.4, 0.5) is 0 Å². The second-order valence-electron chi connectivity index (χ2n) is 9.24. The van der Waals surface area contributed by atoms with Crippen LogP contribution >= 0.6 is 0 Å². The Balaban J connectivity index is 1.11. The maximum atomic E-state index is 12.4. The van der Waals surface area contributed by atoms with E-state index in [9.17, 15) is 9.59 Å². The van der Waals surface area contributed by atoms with Gasteiger partial charge in [-0.05, 0) is 22.3 Å². The number of carboxylic acid groups (broad SMARTS) is 1. The van der Waals surface area contributed by atoms with Crippen molar-refractivity contribution in [3.05, 3.63) is 59.7 Å². The third kappa shape index (κ3) is 11.9. The van der Waals surface area contributed by atoms with Crippen molar-refractivity contribution in [1.29, 1.82) is 0 Å². The molecule has 0 spiro atoms. The monoisotopic (exact) mass is 575 g/mol. The Bertz CT molecular complexity index is 1000. The van der Waals surface area contributed by atoms with Gasteiger partial charge in [-0.15, -0.1) is 0 Å². The van der Waals surface area contributed by atoms with Crippen molar-refractivity contribution < 1.29 is 47.9 Å². The molecule has 0 saturated carbocycles. The van der Waals surface area contributed by atoms with E-state index in [-0.39, 0.29) is 32.2 Å². The summed E-state index contributed by atoms with van der Waals surface area (Å²) in [5.41, 5.74) is 10.6. The maximum absolute atomic E-state index is 12.4. The third-order valence-electron chi connectivity index (χ3n) is 6.28. The molecule has 0 bridgehead atoms. The lowest BCUT2D eigenvalue weighted by molar-refractivity contribution is -0.147. The molecule has 1 unspecified atom stereocenters.